The van der Waals surface area contributed by atoms with E-state index in [4.69, 9.17) is 5.73 Å². The van der Waals surface area contributed by atoms with Crippen LogP contribution in [0.1, 0.15) is 47.3 Å². The van der Waals surface area contributed by atoms with Gasteiger partial charge in [-0.1, -0.05) is 43.3 Å². The van der Waals surface area contributed by atoms with E-state index in [9.17, 15) is 27.6 Å². The van der Waals surface area contributed by atoms with Gasteiger partial charge in [0, 0.05) is 6.07 Å². The van der Waals surface area contributed by atoms with E-state index < -0.39 is 53.6 Å². The van der Waals surface area contributed by atoms with Gasteiger partial charge >= 0.3 is 12.2 Å². The van der Waals surface area contributed by atoms with Gasteiger partial charge in [0.25, 0.3) is 5.91 Å². The third-order valence-corrected chi connectivity index (χ3v) is 5.12. The molecule has 0 fully saturated rings. The minimum atomic E-state index is -4.75. The number of carbonyl (C=O) groups excluding carboxylic acids is 3. The van der Waals surface area contributed by atoms with Gasteiger partial charge in [-0.25, -0.2) is 4.79 Å². The molecule has 32 heavy (non-hydrogen) atoms. The minimum Gasteiger partial charge on any atom is -0.352 e. The van der Waals surface area contributed by atoms with Gasteiger partial charge in [0.1, 0.15) is 6.04 Å². The standard InChI is InChI=1S/C20H22F3N5O4/c1-9(2)15(27-19(24)31)18(30)25-12-7-10-5-3-4-6-11(10)16(12)26-17(29)13-8-14(28-32-13)20(21,22)23/h3-6,8-9,12,15-16H,7H2,1-2H3,(H,25,30)(H,26,29)(H3,24,27,31)/t12-,15+,16-/m1/s1. The number of primary amides is 1. The Morgan fingerprint density at radius 2 is 1.88 bits per heavy atom. The van der Waals surface area contributed by atoms with Crippen molar-refractivity contribution in [3.05, 3.63) is 52.9 Å². The van der Waals surface area contributed by atoms with Crippen LogP contribution in [0.15, 0.2) is 34.9 Å². The summed E-state index contributed by atoms with van der Waals surface area (Å²) in [5.74, 6) is -2.30. The van der Waals surface area contributed by atoms with Gasteiger partial charge in [-0.15, -0.1) is 0 Å². The summed E-state index contributed by atoms with van der Waals surface area (Å²) in [5, 5.41) is 10.7. The SMILES string of the molecule is CC(C)[C@H](NC(N)=O)C(=O)N[C@@H]1Cc2ccccc2[C@H]1NC(=O)c1cc(C(F)(F)F)no1. The Bertz CT molecular complexity index is 1020. The number of aromatic nitrogens is 1. The Labute approximate surface area is 180 Å². The number of halogens is 3. The van der Waals surface area contributed by atoms with Crippen LogP contribution in [0.3, 0.4) is 0 Å². The number of nitrogens with two attached hydrogens (primary N) is 1. The first kappa shape index (κ1) is 23.1. The number of benzene rings is 1. The van der Waals surface area contributed by atoms with Crippen LogP contribution in [0.5, 0.6) is 0 Å². The summed E-state index contributed by atoms with van der Waals surface area (Å²) in [4.78, 5) is 36.6. The highest BCUT2D eigenvalue weighted by Gasteiger charge is 2.39. The molecule has 3 rings (SSSR count). The molecule has 0 radical (unpaired) electrons. The molecule has 0 saturated heterocycles. The lowest BCUT2D eigenvalue weighted by Gasteiger charge is -2.26. The van der Waals surface area contributed by atoms with E-state index in [1.807, 2.05) is 6.07 Å². The number of alkyl halides is 3. The zero-order chi connectivity index (χ0) is 23.6. The fourth-order valence-corrected chi connectivity index (χ4v) is 3.60. The molecule has 2 aromatic rings. The van der Waals surface area contributed by atoms with Gasteiger partial charge in [-0.3, -0.25) is 9.59 Å². The van der Waals surface area contributed by atoms with Crippen molar-refractivity contribution < 1.29 is 32.1 Å². The van der Waals surface area contributed by atoms with Crippen LogP contribution in [0, 0.1) is 5.92 Å². The number of urea groups is 1. The van der Waals surface area contributed by atoms with Crippen LogP contribution >= 0.6 is 0 Å². The highest BCUT2D eigenvalue weighted by Crippen LogP contribution is 2.32. The molecule has 0 unspecified atom stereocenters. The molecule has 0 aliphatic heterocycles. The molecule has 1 aromatic carbocycles. The highest BCUT2D eigenvalue weighted by atomic mass is 19.4. The molecule has 0 spiro atoms. The van der Waals surface area contributed by atoms with Crippen molar-refractivity contribution in [2.24, 2.45) is 11.7 Å². The van der Waals surface area contributed by atoms with E-state index in [-0.39, 0.29) is 5.92 Å². The first-order valence-electron chi connectivity index (χ1n) is 9.76. The van der Waals surface area contributed by atoms with Crippen molar-refractivity contribution in [1.82, 2.24) is 21.1 Å². The molecule has 5 N–H and O–H groups in total. The average molecular weight is 453 g/mol. The monoisotopic (exact) mass is 453 g/mol. The Hall–Kier alpha value is -3.57. The zero-order valence-electron chi connectivity index (χ0n) is 17.2. The molecular formula is C20H22F3N5O4. The number of fused-ring (bicyclic) bond motifs is 1. The topological polar surface area (TPSA) is 139 Å². The Kier molecular flexibility index (Phi) is 6.42. The maximum Gasteiger partial charge on any atom is 0.436 e. The fourth-order valence-electron chi connectivity index (χ4n) is 3.60. The molecule has 1 heterocycles. The summed E-state index contributed by atoms with van der Waals surface area (Å²) in [6.45, 7) is 3.45. The summed E-state index contributed by atoms with van der Waals surface area (Å²) < 4.78 is 42.8. The molecule has 172 valence electrons. The largest absolute Gasteiger partial charge is 0.436 e. The van der Waals surface area contributed by atoms with Gasteiger partial charge < -0.3 is 26.2 Å². The predicted octanol–water partition coefficient (Wildman–Crippen LogP) is 1.90. The molecule has 4 amide bonds. The molecule has 12 heteroatoms. The normalized spacial score (nSPS) is 18.7. The third kappa shape index (κ3) is 5.01. The van der Waals surface area contributed by atoms with Crippen molar-refractivity contribution in [3.8, 4) is 0 Å². The second-order valence-corrected chi connectivity index (χ2v) is 7.77. The maximum absolute atomic E-state index is 12.8. The van der Waals surface area contributed by atoms with E-state index in [1.54, 1.807) is 32.0 Å². The van der Waals surface area contributed by atoms with Gasteiger partial charge in [-0.2, -0.15) is 13.2 Å². The number of amides is 4. The van der Waals surface area contributed by atoms with Crippen molar-refractivity contribution >= 4 is 17.8 Å². The van der Waals surface area contributed by atoms with Crippen LogP contribution in [-0.4, -0.2) is 35.1 Å². The maximum atomic E-state index is 12.8. The van der Waals surface area contributed by atoms with E-state index in [0.717, 1.165) is 5.56 Å². The molecule has 0 saturated carbocycles. The number of nitrogens with zero attached hydrogens (tertiary/aromatic N) is 1. The molecule has 9 nitrogen and oxygen atoms in total. The van der Waals surface area contributed by atoms with Gasteiger partial charge in [0.15, 0.2) is 5.69 Å². The predicted molar refractivity (Wildman–Crippen MR) is 105 cm³/mol. The number of hydrogen-bond acceptors (Lipinski definition) is 5. The van der Waals surface area contributed by atoms with Gasteiger partial charge in [-0.05, 0) is 23.5 Å². The number of nitrogens with one attached hydrogen (secondary N) is 3. The Morgan fingerprint density at radius 1 is 1.19 bits per heavy atom. The lowest BCUT2D eigenvalue weighted by molar-refractivity contribution is -0.142. The van der Waals surface area contributed by atoms with Gasteiger partial charge in [0.05, 0.1) is 12.1 Å². The van der Waals surface area contributed by atoms with Crippen molar-refractivity contribution in [3.63, 3.8) is 0 Å². The molecule has 3 atom stereocenters. The van der Waals surface area contributed by atoms with E-state index >= 15 is 0 Å². The molecule has 1 aliphatic carbocycles. The van der Waals surface area contributed by atoms with Crippen LogP contribution < -0.4 is 21.7 Å². The van der Waals surface area contributed by atoms with Crippen molar-refractivity contribution in [2.75, 3.05) is 0 Å². The minimum absolute atomic E-state index is 0.269. The average Bonchev–Trinajstić information content (AvgIpc) is 3.31. The first-order chi connectivity index (χ1) is 15.0. The summed E-state index contributed by atoms with van der Waals surface area (Å²) in [6.07, 6.45) is -4.39. The van der Waals surface area contributed by atoms with Crippen LogP contribution in [0.2, 0.25) is 0 Å². The van der Waals surface area contributed by atoms with Crippen molar-refractivity contribution in [2.45, 2.75) is 44.6 Å². The third-order valence-electron chi connectivity index (χ3n) is 5.12. The molecule has 1 aromatic heterocycles. The second kappa shape index (κ2) is 8.89. The summed E-state index contributed by atoms with van der Waals surface area (Å²) in [6, 6.07) is 4.47. The Morgan fingerprint density at radius 3 is 2.47 bits per heavy atom. The second-order valence-electron chi connectivity index (χ2n) is 7.77. The van der Waals surface area contributed by atoms with E-state index in [0.29, 0.717) is 18.1 Å². The quantitative estimate of drug-likeness (QED) is 0.529. The van der Waals surface area contributed by atoms with Crippen LogP contribution in [-0.2, 0) is 17.4 Å². The lowest BCUT2D eigenvalue weighted by atomic mass is 10.0. The molecule has 0 bridgehead atoms. The van der Waals surface area contributed by atoms with Crippen molar-refractivity contribution in [1.29, 1.82) is 0 Å². The van der Waals surface area contributed by atoms with E-state index in [2.05, 4.69) is 25.6 Å². The molecule has 1 aliphatic rings. The van der Waals surface area contributed by atoms with Gasteiger partial charge in [0.2, 0.25) is 11.7 Å². The fraction of sp³-hybridized carbons (Fsp3) is 0.400. The zero-order valence-corrected chi connectivity index (χ0v) is 17.2. The van der Waals surface area contributed by atoms with Crippen LogP contribution in [0.25, 0.3) is 0 Å². The first-order valence-corrected chi connectivity index (χ1v) is 9.76. The lowest BCUT2D eigenvalue weighted by Crippen LogP contribution is -2.55. The number of hydrogen-bond donors (Lipinski definition) is 4. The number of carbonyl (C=O) groups is 3. The Balaban J connectivity index is 1.81. The summed E-state index contributed by atoms with van der Waals surface area (Å²) in [7, 11) is 0. The smallest absolute Gasteiger partial charge is 0.352 e. The number of rotatable bonds is 6. The molecular weight excluding hydrogens is 431 g/mol. The summed E-state index contributed by atoms with van der Waals surface area (Å²) >= 11 is 0. The van der Waals surface area contributed by atoms with E-state index in [1.165, 1.54) is 0 Å². The highest BCUT2D eigenvalue weighted by molar-refractivity contribution is 5.92. The van der Waals surface area contributed by atoms with Crippen LogP contribution in [0.4, 0.5) is 18.0 Å². The summed E-state index contributed by atoms with van der Waals surface area (Å²) in [5.41, 5.74) is 5.38.